The van der Waals surface area contributed by atoms with Gasteiger partial charge in [0.25, 0.3) is 0 Å². The van der Waals surface area contributed by atoms with Crippen LogP contribution in [0, 0.1) is 0 Å². The van der Waals surface area contributed by atoms with Crippen molar-refractivity contribution in [3.8, 4) is 0 Å². The van der Waals surface area contributed by atoms with E-state index in [1.165, 1.54) is 0 Å². The average Bonchev–Trinajstić information content (AvgIpc) is 2.60. The third-order valence-corrected chi connectivity index (χ3v) is 1.44. The second-order valence-corrected chi connectivity index (χ2v) is 2.48. The van der Waals surface area contributed by atoms with E-state index in [0.29, 0.717) is 0 Å². The predicted molar refractivity (Wildman–Crippen MR) is 69.9 cm³/mol. The van der Waals surface area contributed by atoms with Gasteiger partial charge in [0.1, 0.15) is 5.76 Å². The Labute approximate surface area is 95.5 Å². The van der Waals surface area contributed by atoms with Crippen molar-refractivity contribution in [2.24, 2.45) is 0 Å². The SMILES string of the molecule is CC.CC.CCCOC1=CCC=CC=C1. The van der Waals surface area contributed by atoms with Gasteiger partial charge in [-0.25, -0.2) is 0 Å². The highest BCUT2D eigenvalue weighted by molar-refractivity contribution is 5.21. The molecule has 0 saturated heterocycles. The Morgan fingerprint density at radius 1 is 1.13 bits per heavy atom. The highest BCUT2D eigenvalue weighted by Crippen LogP contribution is 2.06. The maximum atomic E-state index is 5.45. The van der Waals surface area contributed by atoms with Crippen LogP contribution in [0.2, 0.25) is 0 Å². The summed E-state index contributed by atoms with van der Waals surface area (Å²) in [6.07, 6.45) is 12.3. The minimum absolute atomic E-state index is 0.816. The van der Waals surface area contributed by atoms with Crippen LogP contribution < -0.4 is 0 Å². The van der Waals surface area contributed by atoms with Gasteiger partial charge in [0.2, 0.25) is 0 Å². The van der Waals surface area contributed by atoms with Crippen LogP contribution in [0.3, 0.4) is 0 Å². The molecule has 0 N–H and O–H groups in total. The largest absolute Gasteiger partial charge is 0.494 e. The highest BCUT2D eigenvalue weighted by atomic mass is 16.5. The molecule has 0 atom stereocenters. The molecule has 0 fully saturated rings. The second-order valence-electron chi connectivity index (χ2n) is 2.48. The Morgan fingerprint density at radius 2 is 1.80 bits per heavy atom. The van der Waals surface area contributed by atoms with Crippen LogP contribution in [-0.4, -0.2) is 6.61 Å². The Hall–Kier alpha value is -0.980. The molecule has 0 aromatic carbocycles. The molecular formula is C14H26O. The van der Waals surface area contributed by atoms with Crippen LogP contribution in [0.1, 0.15) is 47.5 Å². The molecule has 1 nitrogen and oxygen atoms in total. The molecule has 0 aromatic rings. The second kappa shape index (κ2) is 15.5. The number of ether oxygens (including phenoxy) is 1. The topological polar surface area (TPSA) is 9.23 Å². The fourth-order valence-corrected chi connectivity index (χ4v) is 0.887. The van der Waals surface area contributed by atoms with Crippen molar-refractivity contribution in [3.05, 3.63) is 36.1 Å². The van der Waals surface area contributed by atoms with Crippen molar-refractivity contribution in [1.82, 2.24) is 0 Å². The summed E-state index contributed by atoms with van der Waals surface area (Å²) in [6, 6.07) is 0. The molecule has 0 spiro atoms. The summed E-state index contributed by atoms with van der Waals surface area (Å²) in [6.45, 7) is 10.9. The van der Waals surface area contributed by atoms with Crippen molar-refractivity contribution >= 4 is 0 Å². The minimum Gasteiger partial charge on any atom is -0.494 e. The summed E-state index contributed by atoms with van der Waals surface area (Å²) in [5.74, 6) is 0.997. The minimum atomic E-state index is 0.816. The molecule has 0 bridgehead atoms. The maximum absolute atomic E-state index is 5.45. The van der Waals surface area contributed by atoms with Crippen molar-refractivity contribution in [2.45, 2.75) is 47.5 Å². The zero-order valence-electron chi connectivity index (χ0n) is 10.9. The summed E-state index contributed by atoms with van der Waals surface area (Å²) >= 11 is 0. The first kappa shape index (κ1) is 16.4. The van der Waals surface area contributed by atoms with E-state index in [1.54, 1.807) is 0 Å². The normalized spacial score (nSPS) is 12.5. The lowest BCUT2D eigenvalue weighted by Gasteiger charge is -2.03. The summed E-state index contributed by atoms with van der Waals surface area (Å²) in [4.78, 5) is 0. The van der Waals surface area contributed by atoms with Crippen molar-refractivity contribution in [1.29, 1.82) is 0 Å². The Kier molecular flexibility index (Phi) is 17.0. The van der Waals surface area contributed by atoms with Gasteiger partial charge in [-0.05, 0) is 25.0 Å². The van der Waals surface area contributed by atoms with E-state index in [4.69, 9.17) is 4.74 Å². The fraction of sp³-hybridized carbons (Fsp3) is 0.571. The summed E-state index contributed by atoms with van der Waals surface area (Å²) in [5.41, 5.74) is 0. The van der Waals surface area contributed by atoms with Crippen LogP contribution in [0.15, 0.2) is 36.1 Å². The van der Waals surface area contributed by atoms with Gasteiger partial charge < -0.3 is 4.74 Å². The third kappa shape index (κ3) is 10.9. The molecule has 1 rings (SSSR count). The predicted octanol–water partition coefficient (Wildman–Crippen LogP) is 4.87. The molecule has 0 unspecified atom stereocenters. The first-order valence-electron chi connectivity index (χ1n) is 6.09. The first-order chi connectivity index (χ1) is 7.43. The number of rotatable bonds is 3. The third-order valence-electron chi connectivity index (χ3n) is 1.44. The van der Waals surface area contributed by atoms with E-state index in [1.807, 2.05) is 45.9 Å². The maximum Gasteiger partial charge on any atom is 0.115 e. The van der Waals surface area contributed by atoms with Gasteiger partial charge in [-0.1, -0.05) is 52.8 Å². The lowest BCUT2D eigenvalue weighted by Crippen LogP contribution is -1.90. The van der Waals surface area contributed by atoms with E-state index in [0.717, 1.165) is 25.2 Å². The van der Waals surface area contributed by atoms with Crippen molar-refractivity contribution < 1.29 is 4.74 Å². The molecule has 0 aromatic heterocycles. The molecule has 0 saturated carbocycles. The molecule has 1 heteroatoms. The molecule has 1 aliphatic carbocycles. The molecule has 0 aliphatic heterocycles. The first-order valence-corrected chi connectivity index (χ1v) is 6.09. The van der Waals surface area contributed by atoms with Crippen LogP contribution >= 0.6 is 0 Å². The lowest BCUT2D eigenvalue weighted by molar-refractivity contribution is 0.224. The molecule has 88 valence electrons. The van der Waals surface area contributed by atoms with Crippen molar-refractivity contribution in [3.63, 3.8) is 0 Å². The van der Waals surface area contributed by atoms with E-state index in [9.17, 15) is 0 Å². The zero-order chi connectivity index (χ0) is 11.9. The summed E-state index contributed by atoms with van der Waals surface area (Å²) in [5, 5.41) is 0. The van der Waals surface area contributed by atoms with Gasteiger partial charge >= 0.3 is 0 Å². The van der Waals surface area contributed by atoms with Gasteiger partial charge in [-0.3, -0.25) is 0 Å². The summed E-state index contributed by atoms with van der Waals surface area (Å²) < 4.78 is 5.45. The zero-order valence-corrected chi connectivity index (χ0v) is 10.9. The van der Waals surface area contributed by atoms with E-state index in [2.05, 4.69) is 19.1 Å². The quantitative estimate of drug-likeness (QED) is 0.646. The van der Waals surface area contributed by atoms with Gasteiger partial charge in [-0.2, -0.15) is 0 Å². The fourth-order valence-electron chi connectivity index (χ4n) is 0.887. The number of hydrogen-bond donors (Lipinski definition) is 0. The van der Waals surface area contributed by atoms with Gasteiger partial charge in [0.05, 0.1) is 6.61 Å². The Bertz CT molecular complexity index is 188. The average molecular weight is 210 g/mol. The van der Waals surface area contributed by atoms with E-state index < -0.39 is 0 Å². The molecule has 0 amide bonds. The Morgan fingerprint density at radius 3 is 2.40 bits per heavy atom. The number of allylic oxidation sites excluding steroid dienone is 5. The van der Waals surface area contributed by atoms with Crippen LogP contribution in [0.5, 0.6) is 0 Å². The Balaban J connectivity index is 0. The molecule has 0 heterocycles. The molecular weight excluding hydrogens is 184 g/mol. The number of hydrogen-bond acceptors (Lipinski definition) is 1. The monoisotopic (exact) mass is 210 g/mol. The van der Waals surface area contributed by atoms with E-state index in [-0.39, 0.29) is 0 Å². The molecule has 15 heavy (non-hydrogen) atoms. The molecule has 0 radical (unpaired) electrons. The van der Waals surface area contributed by atoms with E-state index >= 15 is 0 Å². The highest BCUT2D eigenvalue weighted by Gasteiger charge is 1.91. The van der Waals surface area contributed by atoms with Crippen LogP contribution in [0.4, 0.5) is 0 Å². The molecule has 1 aliphatic rings. The van der Waals surface area contributed by atoms with Crippen LogP contribution in [-0.2, 0) is 4.74 Å². The lowest BCUT2D eigenvalue weighted by atomic mass is 10.3. The smallest absolute Gasteiger partial charge is 0.115 e. The van der Waals surface area contributed by atoms with Gasteiger partial charge in [0, 0.05) is 0 Å². The standard InChI is InChI=1S/C10H14O.2C2H6/c1-2-9-11-10-7-5-3-4-6-8-10;2*1-2/h3-5,7-8H,2,6,9H2,1H3;2*1-2H3. The van der Waals surface area contributed by atoms with Crippen molar-refractivity contribution in [2.75, 3.05) is 6.61 Å². The van der Waals surface area contributed by atoms with Crippen LogP contribution in [0.25, 0.3) is 0 Å². The van der Waals surface area contributed by atoms with Gasteiger partial charge in [0.15, 0.2) is 0 Å². The summed E-state index contributed by atoms with van der Waals surface area (Å²) in [7, 11) is 0. The van der Waals surface area contributed by atoms with Gasteiger partial charge in [-0.15, -0.1) is 0 Å².